The molecule has 0 saturated heterocycles. The summed E-state index contributed by atoms with van der Waals surface area (Å²) in [7, 11) is 0. The fourth-order valence-electron chi connectivity index (χ4n) is 1.41. The van der Waals surface area contributed by atoms with E-state index in [1.54, 1.807) is 6.20 Å². The van der Waals surface area contributed by atoms with E-state index in [1.165, 1.54) is 0 Å². The summed E-state index contributed by atoms with van der Waals surface area (Å²) in [6.07, 6.45) is 1.69. The van der Waals surface area contributed by atoms with Gasteiger partial charge in [0.2, 0.25) is 5.95 Å². The quantitative estimate of drug-likeness (QED) is 0.813. The molecule has 0 aliphatic rings. The van der Waals surface area contributed by atoms with E-state index in [0.29, 0.717) is 17.3 Å². The number of hydrogen-bond donors (Lipinski definition) is 1. The minimum Gasteiger partial charge on any atom is -0.368 e. The first kappa shape index (κ1) is 14.3. The number of anilines is 1. The summed E-state index contributed by atoms with van der Waals surface area (Å²) in [5.41, 5.74) is 6.20. The number of pyridine rings is 1. The van der Waals surface area contributed by atoms with Crippen LogP contribution in [0, 0.1) is 0 Å². The van der Waals surface area contributed by atoms with Crippen LogP contribution in [-0.4, -0.2) is 19.9 Å². The lowest BCUT2D eigenvalue weighted by atomic mass is 9.96. The first-order valence-electron chi connectivity index (χ1n) is 5.61. The fraction of sp³-hybridized carbons (Fsp3) is 0.333. The zero-order chi connectivity index (χ0) is 14.2. The molecule has 0 aliphatic heterocycles. The van der Waals surface area contributed by atoms with Crippen LogP contribution >= 0.6 is 31.9 Å². The molecule has 2 heterocycles. The lowest BCUT2D eigenvalue weighted by molar-refractivity contribution is 0.544. The molecule has 7 heteroatoms. The molecule has 0 saturated carbocycles. The Bertz CT molecular complexity index is 622. The summed E-state index contributed by atoms with van der Waals surface area (Å²) in [5.74, 6) is 1.31. The van der Waals surface area contributed by atoms with E-state index in [9.17, 15) is 0 Å². The van der Waals surface area contributed by atoms with Crippen molar-refractivity contribution >= 4 is 37.8 Å². The van der Waals surface area contributed by atoms with Crippen molar-refractivity contribution in [3.63, 3.8) is 0 Å². The van der Waals surface area contributed by atoms with Gasteiger partial charge in [0.25, 0.3) is 0 Å². The highest BCUT2D eigenvalue weighted by molar-refractivity contribution is 9.11. The normalized spacial score (nSPS) is 11.6. The van der Waals surface area contributed by atoms with Crippen LogP contribution in [0.25, 0.3) is 11.5 Å². The molecule has 0 aliphatic carbocycles. The van der Waals surface area contributed by atoms with E-state index in [2.05, 4.69) is 51.8 Å². The predicted molar refractivity (Wildman–Crippen MR) is 81.6 cm³/mol. The molecular weight excluding hydrogens is 374 g/mol. The number of halogens is 2. The molecule has 0 bridgehead atoms. The van der Waals surface area contributed by atoms with Crippen molar-refractivity contribution in [2.24, 2.45) is 0 Å². The van der Waals surface area contributed by atoms with Crippen molar-refractivity contribution in [2.45, 2.75) is 26.2 Å². The first-order valence-corrected chi connectivity index (χ1v) is 7.19. The number of rotatable bonds is 1. The van der Waals surface area contributed by atoms with Crippen LogP contribution in [0.15, 0.2) is 21.2 Å². The average Bonchev–Trinajstić information content (AvgIpc) is 2.26. The molecule has 19 heavy (non-hydrogen) atoms. The summed E-state index contributed by atoms with van der Waals surface area (Å²) in [6.45, 7) is 6.07. The van der Waals surface area contributed by atoms with E-state index in [1.807, 2.05) is 26.8 Å². The molecule has 0 fully saturated rings. The Kier molecular flexibility index (Phi) is 3.87. The average molecular weight is 387 g/mol. The molecule has 5 nitrogen and oxygen atoms in total. The van der Waals surface area contributed by atoms with Crippen molar-refractivity contribution in [3.8, 4) is 11.5 Å². The van der Waals surface area contributed by atoms with Gasteiger partial charge in [0.15, 0.2) is 5.82 Å². The Labute approximate surface area is 128 Å². The standard InChI is InChI=1S/C12H13Br2N5/c1-12(2,3)10-17-9(18-11(15)19-10)8-7(14)4-6(13)5-16-8/h4-5H,1-3H3,(H2,15,17,18,19). The molecule has 2 aromatic rings. The topological polar surface area (TPSA) is 77.6 Å². The second kappa shape index (κ2) is 5.13. The van der Waals surface area contributed by atoms with Gasteiger partial charge in [-0.3, -0.25) is 4.98 Å². The van der Waals surface area contributed by atoms with Crippen LogP contribution in [0.3, 0.4) is 0 Å². The van der Waals surface area contributed by atoms with Crippen LogP contribution in [0.2, 0.25) is 0 Å². The van der Waals surface area contributed by atoms with Gasteiger partial charge >= 0.3 is 0 Å². The van der Waals surface area contributed by atoms with Crippen molar-refractivity contribution in [1.29, 1.82) is 0 Å². The number of hydrogen-bond acceptors (Lipinski definition) is 5. The molecule has 2 N–H and O–H groups in total. The number of nitrogens with two attached hydrogens (primary N) is 1. The maximum Gasteiger partial charge on any atom is 0.223 e. The molecule has 0 amide bonds. The maximum absolute atomic E-state index is 5.76. The molecule has 0 spiro atoms. The molecule has 0 atom stereocenters. The monoisotopic (exact) mass is 385 g/mol. The van der Waals surface area contributed by atoms with Gasteiger partial charge in [0.05, 0.1) is 0 Å². The van der Waals surface area contributed by atoms with Gasteiger partial charge in [-0.1, -0.05) is 20.8 Å². The SMILES string of the molecule is CC(C)(C)c1nc(N)nc(-c2ncc(Br)cc2Br)n1. The van der Waals surface area contributed by atoms with Crippen LogP contribution < -0.4 is 5.73 Å². The number of aromatic nitrogens is 4. The minimum absolute atomic E-state index is 0.201. The van der Waals surface area contributed by atoms with Gasteiger partial charge in [-0.25, -0.2) is 4.98 Å². The summed E-state index contributed by atoms with van der Waals surface area (Å²) in [4.78, 5) is 17.1. The van der Waals surface area contributed by atoms with Crippen LogP contribution in [0.5, 0.6) is 0 Å². The molecular formula is C12H13Br2N5. The third-order valence-corrected chi connectivity index (χ3v) is 3.38. The zero-order valence-electron chi connectivity index (χ0n) is 10.8. The summed E-state index contributed by atoms with van der Waals surface area (Å²) in [6, 6.07) is 1.89. The highest BCUT2D eigenvalue weighted by Crippen LogP contribution is 2.28. The van der Waals surface area contributed by atoms with Crippen molar-refractivity contribution in [1.82, 2.24) is 19.9 Å². The Balaban J connectivity index is 2.59. The first-order chi connectivity index (χ1) is 8.77. The van der Waals surface area contributed by atoms with Crippen LogP contribution in [0.4, 0.5) is 5.95 Å². The minimum atomic E-state index is -0.201. The van der Waals surface area contributed by atoms with Gasteiger partial charge in [-0.15, -0.1) is 0 Å². The Morgan fingerprint density at radius 1 is 1.11 bits per heavy atom. The molecule has 0 unspecified atom stereocenters. The van der Waals surface area contributed by atoms with E-state index in [4.69, 9.17) is 5.73 Å². The van der Waals surface area contributed by atoms with Crippen molar-refractivity contribution < 1.29 is 0 Å². The molecule has 0 radical (unpaired) electrons. The number of nitrogen functional groups attached to an aromatic ring is 1. The lowest BCUT2D eigenvalue weighted by Crippen LogP contribution is -2.18. The van der Waals surface area contributed by atoms with E-state index < -0.39 is 0 Å². The lowest BCUT2D eigenvalue weighted by Gasteiger charge is -2.17. The van der Waals surface area contributed by atoms with Crippen LogP contribution in [0.1, 0.15) is 26.6 Å². The van der Waals surface area contributed by atoms with Crippen molar-refractivity contribution in [3.05, 3.63) is 27.0 Å². The van der Waals surface area contributed by atoms with Gasteiger partial charge in [-0.05, 0) is 37.9 Å². The zero-order valence-corrected chi connectivity index (χ0v) is 13.9. The largest absolute Gasteiger partial charge is 0.368 e. The van der Waals surface area contributed by atoms with Gasteiger partial charge in [0.1, 0.15) is 11.5 Å². The third-order valence-electron chi connectivity index (χ3n) is 2.34. The third kappa shape index (κ3) is 3.27. The second-order valence-corrected chi connectivity index (χ2v) is 6.84. The van der Waals surface area contributed by atoms with Gasteiger partial charge in [0, 0.05) is 20.6 Å². The summed E-state index contributed by atoms with van der Waals surface area (Å²) < 4.78 is 1.67. The van der Waals surface area contributed by atoms with Crippen LogP contribution in [-0.2, 0) is 5.41 Å². The summed E-state index contributed by atoms with van der Waals surface area (Å²) >= 11 is 6.81. The molecule has 100 valence electrons. The fourth-order valence-corrected chi connectivity index (χ4v) is 2.58. The summed E-state index contributed by atoms with van der Waals surface area (Å²) in [5, 5.41) is 0. The van der Waals surface area contributed by atoms with Crippen molar-refractivity contribution in [2.75, 3.05) is 5.73 Å². The van der Waals surface area contributed by atoms with E-state index in [-0.39, 0.29) is 11.4 Å². The second-order valence-electron chi connectivity index (χ2n) is 5.07. The van der Waals surface area contributed by atoms with E-state index >= 15 is 0 Å². The molecule has 2 aromatic heterocycles. The Morgan fingerprint density at radius 2 is 1.79 bits per heavy atom. The predicted octanol–water partition coefficient (Wildman–Crippen LogP) is 3.34. The van der Waals surface area contributed by atoms with E-state index in [0.717, 1.165) is 8.95 Å². The molecule has 2 rings (SSSR count). The molecule has 0 aromatic carbocycles. The Morgan fingerprint density at radius 3 is 2.37 bits per heavy atom. The highest BCUT2D eigenvalue weighted by atomic mass is 79.9. The Hall–Kier alpha value is -1.08. The highest BCUT2D eigenvalue weighted by Gasteiger charge is 2.20. The smallest absolute Gasteiger partial charge is 0.223 e. The van der Waals surface area contributed by atoms with Gasteiger partial charge < -0.3 is 5.73 Å². The number of nitrogens with zero attached hydrogens (tertiary/aromatic N) is 4. The maximum atomic E-state index is 5.76. The van der Waals surface area contributed by atoms with Gasteiger partial charge in [-0.2, -0.15) is 9.97 Å².